The fourth-order valence-corrected chi connectivity index (χ4v) is 3.29. The smallest absolute Gasteiger partial charge is 0.338 e. The van der Waals surface area contributed by atoms with Crippen LogP contribution >= 0.6 is 0 Å². The fourth-order valence-electron chi connectivity index (χ4n) is 3.29. The molecule has 164 valence electrons. The molecule has 0 bridgehead atoms. The molecule has 1 fully saturated rings. The Kier molecular flexibility index (Phi) is 7.28. The van der Waals surface area contributed by atoms with Crippen LogP contribution in [0.15, 0.2) is 48.5 Å². The lowest BCUT2D eigenvalue weighted by Gasteiger charge is -2.17. The van der Waals surface area contributed by atoms with Gasteiger partial charge in [0.15, 0.2) is 0 Å². The van der Waals surface area contributed by atoms with Crippen molar-refractivity contribution in [2.45, 2.75) is 39.7 Å². The summed E-state index contributed by atoms with van der Waals surface area (Å²) in [6.45, 7) is 6.57. The minimum absolute atomic E-state index is 0.0887. The van der Waals surface area contributed by atoms with Crippen molar-refractivity contribution >= 4 is 29.2 Å². The summed E-state index contributed by atoms with van der Waals surface area (Å²) < 4.78 is 10.7. The number of nitrogens with one attached hydrogen (secondary N) is 1. The molecule has 2 aromatic carbocycles. The Hall–Kier alpha value is -3.35. The molecule has 1 aliphatic heterocycles. The molecule has 1 aliphatic rings. The molecule has 1 heterocycles. The number of amides is 2. The maximum absolute atomic E-state index is 12.7. The van der Waals surface area contributed by atoms with Crippen LogP contribution in [0.1, 0.15) is 44.0 Å². The van der Waals surface area contributed by atoms with Gasteiger partial charge < -0.3 is 19.7 Å². The van der Waals surface area contributed by atoms with E-state index in [1.165, 1.54) is 0 Å². The molecule has 0 radical (unpaired) electrons. The SMILES string of the molecule is CCCOc1ccc(N2C[C@@H](C(=O)Nc3ccc(C(=O)OC(C)C)cc3)CC2=O)cc1. The summed E-state index contributed by atoms with van der Waals surface area (Å²) >= 11 is 0. The molecule has 1 atom stereocenters. The van der Waals surface area contributed by atoms with Crippen molar-refractivity contribution in [2.75, 3.05) is 23.4 Å². The third-order valence-corrected chi connectivity index (χ3v) is 4.85. The van der Waals surface area contributed by atoms with E-state index in [0.717, 1.165) is 17.9 Å². The van der Waals surface area contributed by atoms with E-state index in [9.17, 15) is 14.4 Å². The minimum Gasteiger partial charge on any atom is -0.494 e. The average Bonchev–Trinajstić information content (AvgIpc) is 3.14. The standard InChI is InChI=1S/C24H28N2O5/c1-4-13-30-21-11-9-20(10-12-21)26-15-18(14-22(26)27)23(28)25-19-7-5-17(6-8-19)24(29)31-16(2)3/h5-12,16,18H,4,13-15H2,1-3H3,(H,25,28)/t18-/m0/s1. The maximum atomic E-state index is 12.7. The van der Waals surface area contributed by atoms with Crippen LogP contribution in [0.4, 0.5) is 11.4 Å². The zero-order chi connectivity index (χ0) is 22.4. The second-order valence-corrected chi connectivity index (χ2v) is 7.77. The van der Waals surface area contributed by atoms with E-state index < -0.39 is 11.9 Å². The van der Waals surface area contributed by atoms with Gasteiger partial charge in [-0.25, -0.2) is 4.79 Å². The molecule has 3 rings (SSSR count). The molecule has 31 heavy (non-hydrogen) atoms. The zero-order valence-corrected chi connectivity index (χ0v) is 18.1. The Morgan fingerprint density at radius 3 is 2.39 bits per heavy atom. The first-order valence-corrected chi connectivity index (χ1v) is 10.5. The number of carbonyl (C=O) groups is 3. The van der Waals surface area contributed by atoms with Gasteiger partial charge >= 0.3 is 5.97 Å². The van der Waals surface area contributed by atoms with Crippen LogP contribution in [0.2, 0.25) is 0 Å². The summed E-state index contributed by atoms with van der Waals surface area (Å²) in [5, 5.41) is 2.83. The Labute approximate surface area is 182 Å². The predicted octanol–water partition coefficient (Wildman–Crippen LogP) is 4.03. The number of anilines is 2. The third kappa shape index (κ3) is 5.84. The number of rotatable bonds is 8. The summed E-state index contributed by atoms with van der Waals surface area (Å²) in [5.41, 5.74) is 1.73. The lowest BCUT2D eigenvalue weighted by molar-refractivity contribution is -0.122. The summed E-state index contributed by atoms with van der Waals surface area (Å²) in [6, 6.07) is 13.8. The summed E-state index contributed by atoms with van der Waals surface area (Å²) in [6.07, 6.45) is 0.877. The first-order valence-electron chi connectivity index (χ1n) is 10.5. The molecule has 0 spiro atoms. The van der Waals surface area contributed by atoms with E-state index in [-0.39, 0.29) is 24.3 Å². The minimum atomic E-state index is -0.450. The van der Waals surface area contributed by atoms with Gasteiger partial charge in [-0.05, 0) is 68.8 Å². The lowest BCUT2D eigenvalue weighted by Crippen LogP contribution is -2.28. The first kappa shape index (κ1) is 22.3. The average molecular weight is 424 g/mol. The van der Waals surface area contributed by atoms with Crippen molar-refractivity contribution in [3.8, 4) is 5.75 Å². The van der Waals surface area contributed by atoms with Crippen LogP contribution in [0.25, 0.3) is 0 Å². The molecule has 2 amide bonds. The highest BCUT2D eigenvalue weighted by Crippen LogP contribution is 2.28. The number of esters is 1. The molecule has 7 heteroatoms. The van der Waals surface area contributed by atoms with E-state index >= 15 is 0 Å². The van der Waals surface area contributed by atoms with Gasteiger partial charge in [-0.15, -0.1) is 0 Å². The predicted molar refractivity (Wildman–Crippen MR) is 118 cm³/mol. The summed E-state index contributed by atoms with van der Waals surface area (Å²) in [4.78, 5) is 38.7. The molecule has 7 nitrogen and oxygen atoms in total. The van der Waals surface area contributed by atoms with Gasteiger partial charge in [0.1, 0.15) is 5.75 Å². The Balaban J connectivity index is 1.58. The molecule has 1 saturated heterocycles. The Bertz CT molecular complexity index is 922. The van der Waals surface area contributed by atoms with E-state index in [1.54, 1.807) is 43.0 Å². The number of ether oxygens (including phenoxy) is 2. The van der Waals surface area contributed by atoms with Gasteiger partial charge in [-0.3, -0.25) is 9.59 Å². The van der Waals surface area contributed by atoms with E-state index in [4.69, 9.17) is 9.47 Å². The van der Waals surface area contributed by atoms with Crippen molar-refractivity contribution in [2.24, 2.45) is 5.92 Å². The van der Waals surface area contributed by atoms with Crippen LogP contribution < -0.4 is 15.0 Å². The largest absolute Gasteiger partial charge is 0.494 e. The van der Waals surface area contributed by atoms with Gasteiger partial charge in [-0.1, -0.05) is 6.92 Å². The van der Waals surface area contributed by atoms with Crippen LogP contribution in [-0.4, -0.2) is 37.0 Å². The highest BCUT2D eigenvalue weighted by molar-refractivity contribution is 6.03. The molecule has 0 aliphatic carbocycles. The normalized spacial score (nSPS) is 15.8. The van der Waals surface area contributed by atoms with E-state index in [1.807, 2.05) is 31.2 Å². The number of hydrogen-bond donors (Lipinski definition) is 1. The Morgan fingerprint density at radius 1 is 1.10 bits per heavy atom. The maximum Gasteiger partial charge on any atom is 0.338 e. The summed E-state index contributed by atoms with van der Waals surface area (Å²) in [7, 11) is 0. The highest BCUT2D eigenvalue weighted by Gasteiger charge is 2.35. The Morgan fingerprint density at radius 2 is 1.77 bits per heavy atom. The lowest BCUT2D eigenvalue weighted by atomic mass is 10.1. The molecule has 0 saturated carbocycles. The molecular formula is C24H28N2O5. The van der Waals surface area contributed by atoms with E-state index in [2.05, 4.69) is 5.32 Å². The second-order valence-electron chi connectivity index (χ2n) is 7.77. The van der Waals surface area contributed by atoms with Gasteiger partial charge in [0.25, 0.3) is 0 Å². The van der Waals surface area contributed by atoms with Crippen molar-refractivity contribution in [1.82, 2.24) is 0 Å². The van der Waals surface area contributed by atoms with Crippen molar-refractivity contribution in [3.05, 3.63) is 54.1 Å². The molecule has 2 aromatic rings. The third-order valence-electron chi connectivity index (χ3n) is 4.85. The second kappa shape index (κ2) is 10.1. The van der Waals surface area contributed by atoms with Crippen LogP contribution in [0.3, 0.4) is 0 Å². The van der Waals surface area contributed by atoms with Gasteiger partial charge in [0.2, 0.25) is 11.8 Å². The summed E-state index contributed by atoms with van der Waals surface area (Å²) in [5.74, 6) is -0.414. The highest BCUT2D eigenvalue weighted by atomic mass is 16.5. The number of hydrogen-bond acceptors (Lipinski definition) is 5. The number of nitrogens with zero attached hydrogens (tertiary/aromatic N) is 1. The topological polar surface area (TPSA) is 84.9 Å². The van der Waals surface area contributed by atoms with Gasteiger partial charge in [-0.2, -0.15) is 0 Å². The van der Waals surface area contributed by atoms with Crippen LogP contribution in [0.5, 0.6) is 5.75 Å². The monoisotopic (exact) mass is 424 g/mol. The van der Waals surface area contributed by atoms with Gasteiger partial charge in [0.05, 0.1) is 24.2 Å². The van der Waals surface area contributed by atoms with Crippen LogP contribution in [-0.2, 0) is 14.3 Å². The molecular weight excluding hydrogens is 396 g/mol. The van der Waals surface area contributed by atoms with Crippen molar-refractivity contribution in [1.29, 1.82) is 0 Å². The first-order chi connectivity index (χ1) is 14.9. The van der Waals surface area contributed by atoms with Crippen molar-refractivity contribution in [3.63, 3.8) is 0 Å². The van der Waals surface area contributed by atoms with Crippen LogP contribution in [0, 0.1) is 5.92 Å². The zero-order valence-electron chi connectivity index (χ0n) is 18.1. The quantitative estimate of drug-likeness (QED) is 0.647. The van der Waals surface area contributed by atoms with Crippen molar-refractivity contribution < 1.29 is 23.9 Å². The number of carbonyl (C=O) groups excluding carboxylic acids is 3. The molecule has 0 unspecified atom stereocenters. The molecule has 0 aromatic heterocycles. The fraction of sp³-hybridized carbons (Fsp3) is 0.375. The molecule has 1 N–H and O–H groups in total. The number of benzene rings is 2. The van der Waals surface area contributed by atoms with Gasteiger partial charge in [0, 0.05) is 24.3 Å². The van der Waals surface area contributed by atoms with E-state index in [0.29, 0.717) is 24.4 Å².